The van der Waals surface area contributed by atoms with Crippen molar-refractivity contribution in [2.75, 3.05) is 11.9 Å². The van der Waals surface area contributed by atoms with Gasteiger partial charge in [-0.2, -0.15) is 0 Å². The summed E-state index contributed by atoms with van der Waals surface area (Å²) in [5.41, 5.74) is 6.80. The first-order chi connectivity index (χ1) is 8.26. The molecule has 1 fully saturated rings. The van der Waals surface area contributed by atoms with Crippen LogP contribution < -0.4 is 11.1 Å². The number of nitrogens with one attached hydrogen (secondary N) is 1. The number of nitrogens with two attached hydrogens (primary N) is 1. The quantitative estimate of drug-likeness (QED) is 0.816. The van der Waals surface area contributed by atoms with E-state index in [1.54, 1.807) is 12.4 Å². The van der Waals surface area contributed by atoms with Crippen molar-refractivity contribution in [1.82, 2.24) is 9.97 Å². The van der Waals surface area contributed by atoms with E-state index in [1.807, 2.05) is 0 Å². The number of hydrogen-bond donors (Lipinski definition) is 2. The third kappa shape index (κ3) is 2.07. The van der Waals surface area contributed by atoms with Crippen molar-refractivity contribution in [2.45, 2.75) is 27.7 Å². The lowest BCUT2D eigenvalue weighted by molar-refractivity contribution is 0.457. The molecule has 0 amide bonds. The van der Waals surface area contributed by atoms with Gasteiger partial charge in [-0.15, -0.1) is 0 Å². The Morgan fingerprint density at radius 2 is 1.89 bits per heavy atom. The van der Waals surface area contributed by atoms with Crippen molar-refractivity contribution in [2.24, 2.45) is 22.5 Å². The van der Waals surface area contributed by atoms with Crippen LogP contribution in [0.15, 0.2) is 12.4 Å². The van der Waals surface area contributed by atoms with E-state index in [0.717, 1.165) is 12.4 Å². The second-order valence-electron chi connectivity index (χ2n) is 6.03. The largest absolute Gasteiger partial charge is 0.388 e. The maximum atomic E-state index is 5.48. The molecule has 2 rings (SSSR count). The van der Waals surface area contributed by atoms with E-state index >= 15 is 0 Å². The molecule has 0 atom stereocenters. The van der Waals surface area contributed by atoms with E-state index in [9.17, 15) is 0 Å². The van der Waals surface area contributed by atoms with Crippen LogP contribution in [0.5, 0.6) is 0 Å². The number of nitrogens with zero attached hydrogens (tertiary/aromatic N) is 2. The Labute approximate surface area is 113 Å². The summed E-state index contributed by atoms with van der Waals surface area (Å²) in [5, 5.41) is 3.33. The number of thiocarbonyl (C=S) groups is 1. The predicted octanol–water partition coefficient (Wildman–Crippen LogP) is 2.20. The second kappa shape index (κ2) is 4.16. The molecule has 0 spiro atoms. The van der Waals surface area contributed by atoms with Crippen molar-refractivity contribution < 1.29 is 0 Å². The highest BCUT2D eigenvalue weighted by Crippen LogP contribution is 2.68. The molecule has 3 N–H and O–H groups in total. The summed E-state index contributed by atoms with van der Waals surface area (Å²) >= 11 is 4.84. The molecule has 98 valence electrons. The maximum Gasteiger partial charge on any atom is 0.144 e. The molecule has 1 saturated carbocycles. The number of rotatable bonds is 4. The number of aromatic nitrogens is 2. The highest BCUT2D eigenvalue weighted by Gasteiger charge is 2.64. The molecule has 1 heterocycles. The average molecular weight is 264 g/mol. The summed E-state index contributed by atoms with van der Waals surface area (Å²) in [7, 11) is 0. The minimum absolute atomic E-state index is 0.276. The molecule has 4 nitrogen and oxygen atoms in total. The normalized spacial score (nSPS) is 20.4. The van der Waals surface area contributed by atoms with Gasteiger partial charge in [-0.05, 0) is 16.7 Å². The van der Waals surface area contributed by atoms with Crippen LogP contribution >= 0.6 is 12.2 Å². The number of hydrogen-bond acceptors (Lipinski definition) is 4. The average Bonchev–Trinajstić information content (AvgIpc) is 2.67. The second-order valence-corrected chi connectivity index (χ2v) is 6.47. The van der Waals surface area contributed by atoms with Crippen LogP contribution in [-0.2, 0) is 0 Å². The molecule has 0 aliphatic heterocycles. The lowest BCUT2D eigenvalue weighted by atomic mass is 10.0. The Morgan fingerprint density at radius 3 is 2.28 bits per heavy atom. The van der Waals surface area contributed by atoms with Gasteiger partial charge in [-0.3, -0.25) is 0 Å². The summed E-state index contributed by atoms with van der Waals surface area (Å²) < 4.78 is 0. The van der Waals surface area contributed by atoms with Crippen LogP contribution in [-0.4, -0.2) is 21.5 Å². The van der Waals surface area contributed by atoms with Crippen LogP contribution in [0.1, 0.15) is 33.4 Å². The zero-order valence-corrected chi connectivity index (χ0v) is 12.1. The predicted molar refractivity (Wildman–Crippen MR) is 77.5 cm³/mol. The summed E-state index contributed by atoms with van der Waals surface area (Å²) in [6.45, 7) is 10.1. The topological polar surface area (TPSA) is 63.8 Å². The van der Waals surface area contributed by atoms with E-state index in [0.29, 0.717) is 22.4 Å². The zero-order chi connectivity index (χ0) is 13.6. The molecule has 18 heavy (non-hydrogen) atoms. The molecule has 1 aliphatic rings. The van der Waals surface area contributed by atoms with Gasteiger partial charge < -0.3 is 11.1 Å². The molecule has 5 heteroatoms. The smallest absolute Gasteiger partial charge is 0.144 e. The lowest BCUT2D eigenvalue weighted by Gasteiger charge is -2.06. The summed E-state index contributed by atoms with van der Waals surface area (Å²) in [6.07, 6.45) is 3.28. The number of anilines is 1. The fourth-order valence-corrected chi connectivity index (χ4v) is 2.70. The van der Waals surface area contributed by atoms with Gasteiger partial charge >= 0.3 is 0 Å². The van der Waals surface area contributed by atoms with Gasteiger partial charge in [0.05, 0.1) is 12.4 Å². The molecular formula is C13H20N4S. The van der Waals surface area contributed by atoms with E-state index in [1.165, 1.54) is 0 Å². The van der Waals surface area contributed by atoms with Crippen molar-refractivity contribution in [3.05, 3.63) is 18.1 Å². The maximum absolute atomic E-state index is 5.48. The van der Waals surface area contributed by atoms with Gasteiger partial charge in [-0.25, -0.2) is 9.97 Å². The molecule has 1 aromatic heterocycles. The zero-order valence-electron chi connectivity index (χ0n) is 11.3. The van der Waals surface area contributed by atoms with Crippen molar-refractivity contribution in [3.63, 3.8) is 0 Å². The highest BCUT2D eigenvalue weighted by atomic mass is 32.1. The molecule has 0 bridgehead atoms. The van der Waals surface area contributed by atoms with Crippen LogP contribution in [0.25, 0.3) is 0 Å². The first-order valence-electron chi connectivity index (χ1n) is 6.12. The van der Waals surface area contributed by atoms with Crippen LogP contribution in [0, 0.1) is 16.7 Å². The molecule has 0 unspecified atom stereocenters. The highest BCUT2D eigenvalue weighted by molar-refractivity contribution is 7.80. The molecule has 1 aromatic rings. The third-order valence-electron chi connectivity index (χ3n) is 4.71. The van der Waals surface area contributed by atoms with Gasteiger partial charge in [0.25, 0.3) is 0 Å². The Hall–Kier alpha value is -1.23. The van der Waals surface area contributed by atoms with Gasteiger partial charge in [0.15, 0.2) is 0 Å². The van der Waals surface area contributed by atoms with Crippen LogP contribution in [0.3, 0.4) is 0 Å². The standard InChI is InChI=1S/C13H20N4S/c1-12(2)9(13(12,3)4)6-17-10-7-15-8(5-16-10)11(14)18/h5,7,9H,6H2,1-4H3,(H2,14,18)(H,16,17). The Balaban J connectivity index is 1.94. The van der Waals surface area contributed by atoms with Crippen LogP contribution in [0.4, 0.5) is 5.82 Å². The SMILES string of the molecule is CC1(C)C(CNc2cnc(C(N)=S)cn2)C1(C)C. The monoisotopic (exact) mass is 264 g/mol. The minimum atomic E-state index is 0.276. The Morgan fingerprint density at radius 1 is 1.28 bits per heavy atom. The van der Waals surface area contributed by atoms with Gasteiger partial charge in [0.1, 0.15) is 16.5 Å². The summed E-state index contributed by atoms with van der Waals surface area (Å²) in [6, 6.07) is 0. The van der Waals surface area contributed by atoms with E-state index < -0.39 is 0 Å². The molecule has 1 aliphatic carbocycles. The molecule has 0 saturated heterocycles. The van der Waals surface area contributed by atoms with E-state index in [4.69, 9.17) is 18.0 Å². The van der Waals surface area contributed by atoms with Crippen molar-refractivity contribution in [3.8, 4) is 0 Å². The fourth-order valence-electron chi connectivity index (χ4n) is 2.60. The lowest BCUT2D eigenvalue weighted by Crippen LogP contribution is -2.14. The fraction of sp³-hybridized carbons (Fsp3) is 0.615. The Kier molecular flexibility index (Phi) is 3.05. The van der Waals surface area contributed by atoms with Crippen LogP contribution in [0.2, 0.25) is 0 Å². The van der Waals surface area contributed by atoms with Gasteiger partial charge in [-0.1, -0.05) is 39.9 Å². The Bertz CT molecular complexity index is 450. The third-order valence-corrected chi connectivity index (χ3v) is 4.92. The molecular weight excluding hydrogens is 244 g/mol. The van der Waals surface area contributed by atoms with Gasteiger partial charge in [0.2, 0.25) is 0 Å². The molecule has 0 radical (unpaired) electrons. The first kappa shape index (κ1) is 13.2. The summed E-state index contributed by atoms with van der Waals surface area (Å²) in [5.74, 6) is 1.43. The van der Waals surface area contributed by atoms with Gasteiger partial charge in [0, 0.05) is 6.54 Å². The first-order valence-corrected chi connectivity index (χ1v) is 6.53. The van der Waals surface area contributed by atoms with E-state index in [-0.39, 0.29) is 4.99 Å². The van der Waals surface area contributed by atoms with Crippen molar-refractivity contribution >= 4 is 23.0 Å². The van der Waals surface area contributed by atoms with E-state index in [2.05, 4.69) is 43.0 Å². The van der Waals surface area contributed by atoms with Crippen molar-refractivity contribution in [1.29, 1.82) is 0 Å². The minimum Gasteiger partial charge on any atom is -0.388 e. The molecule has 0 aromatic carbocycles. The summed E-state index contributed by atoms with van der Waals surface area (Å²) in [4.78, 5) is 8.69.